The molecule has 1 N–H and O–H groups in total. The molecule has 33 heavy (non-hydrogen) atoms. The second-order valence-corrected chi connectivity index (χ2v) is 8.19. The number of aryl methyl sites for hydroxylation is 2. The van der Waals surface area contributed by atoms with Gasteiger partial charge in [-0.1, -0.05) is 48.0 Å². The molecular weight excluding hydrogens is 412 g/mol. The van der Waals surface area contributed by atoms with Crippen molar-refractivity contribution < 1.29 is 9.53 Å². The normalized spacial score (nSPS) is 11.1. The number of hydrogen-bond donors (Lipinski definition) is 1. The third-order valence-electron chi connectivity index (χ3n) is 5.64. The van der Waals surface area contributed by atoms with Crippen LogP contribution in [0.5, 0.6) is 5.75 Å². The van der Waals surface area contributed by atoms with E-state index in [0.717, 1.165) is 45.6 Å². The number of carbonyl (C=O) groups excluding carboxylic acids is 1. The van der Waals surface area contributed by atoms with E-state index in [1.54, 1.807) is 12.1 Å². The number of aromatic amines is 1. The lowest BCUT2D eigenvalue weighted by atomic mass is 10.1. The Morgan fingerprint density at radius 2 is 1.85 bits per heavy atom. The molecule has 0 radical (unpaired) electrons. The van der Waals surface area contributed by atoms with Crippen LogP contribution in [0, 0.1) is 13.8 Å². The van der Waals surface area contributed by atoms with Gasteiger partial charge in [0.1, 0.15) is 24.3 Å². The maximum Gasteiger partial charge on any atom is 0.159 e. The minimum atomic E-state index is 0.516. The zero-order valence-corrected chi connectivity index (χ0v) is 18.6. The molecule has 6 heteroatoms. The number of aromatic nitrogens is 4. The number of nitrogens with zero attached hydrogens (tertiary/aromatic N) is 3. The fourth-order valence-corrected chi connectivity index (χ4v) is 3.88. The number of hydrogen-bond acceptors (Lipinski definition) is 4. The van der Waals surface area contributed by atoms with Crippen LogP contribution in [0.2, 0.25) is 0 Å². The predicted octanol–water partition coefficient (Wildman–Crippen LogP) is 5.48. The minimum Gasteiger partial charge on any atom is -0.489 e. The number of H-pyrrole nitrogens is 1. The van der Waals surface area contributed by atoms with Crippen LogP contribution in [0.1, 0.15) is 32.7 Å². The lowest BCUT2D eigenvalue weighted by Gasteiger charge is -2.13. The standard InChI is InChI=1S/C27H24N4O2/c1-18-8-11-26(33-17-20-6-4-3-5-7-20)22(12-18)15-31-19(2)13-25(30-31)27-28-23-10-9-21(16-32)14-24(23)29-27/h3-14,16H,15,17H2,1-2H3,(H,28,29). The first-order valence-electron chi connectivity index (χ1n) is 10.8. The van der Waals surface area contributed by atoms with Crippen LogP contribution in [-0.4, -0.2) is 26.0 Å². The van der Waals surface area contributed by atoms with Gasteiger partial charge in [-0.05, 0) is 49.7 Å². The second-order valence-electron chi connectivity index (χ2n) is 8.19. The molecule has 0 fully saturated rings. The van der Waals surface area contributed by atoms with Crippen LogP contribution in [0.3, 0.4) is 0 Å². The largest absolute Gasteiger partial charge is 0.489 e. The van der Waals surface area contributed by atoms with E-state index in [4.69, 9.17) is 9.84 Å². The molecule has 0 bridgehead atoms. The Bertz CT molecular complexity index is 1430. The number of nitrogens with one attached hydrogen (secondary N) is 1. The Hall–Kier alpha value is -4.19. The summed E-state index contributed by atoms with van der Waals surface area (Å²) in [6.45, 7) is 5.22. The topological polar surface area (TPSA) is 72.8 Å². The summed E-state index contributed by atoms with van der Waals surface area (Å²) < 4.78 is 8.12. The van der Waals surface area contributed by atoms with Crippen molar-refractivity contribution in [1.29, 1.82) is 0 Å². The van der Waals surface area contributed by atoms with E-state index in [1.165, 1.54) is 5.56 Å². The molecule has 0 aliphatic rings. The zero-order chi connectivity index (χ0) is 22.8. The van der Waals surface area contributed by atoms with Gasteiger partial charge in [-0.2, -0.15) is 5.10 Å². The van der Waals surface area contributed by atoms with Gasteiger partial charge in [0.2, 0.25) is 0 Å². The van der Waals surface area contributed by atoms with Gasteiger partial charge in [0.15, 0.2) is 5.82 Å². The first-order chi connectivity index (χ1) is 16.1. The Morgan fingerprint density at radius 3 is 2.67 bits per heavy atom. The average molecular weight is 437 g/mol. The van der Waals surface area contributed by atoms with Crippen LogP contribution in [0.15, 0.2) is 72.8 Å². The molecule has 164 valence electrons. The molecule has 0 atom stereocenters. The van der Waals surface area contributed by atoms with Crippen molar-refractivity contribution in [1.82, 2.24) is 19.7 Å². The number of fused-ring (bicyclic) bond motifs is 1. The highest BCUT2D eigenvalue weighted by atomic mass is 16.5. The van der Waals surface area contributed by atoms with E-state index >= 15 is 0 Å². The summed E-state index contributed by atoms with van der Waals surface area (Å²) in [7, 11) is 0. The molecule has 2 aromatic heterocycles. The molecule has 3 aromatic carbocycles. The lowest BCUT2D eigenvalue weighted by Crippen LogP contribution is -2.07. The third-order valence-corrected chi connectivity index (χ3v) is 5.64. The van der Waals surface area contributed by atoms with Gasteiger partial charge < -0.3 is 9.72 Å². The number of rotatable bonds is 7. The van der Waals surface area contributed by atoms with Crippen molar-refractivity contribution in [2.75, 3.05) is 0 Å². The van der Waals surface area contributed by atoms with E-state index in [9.17, 15) is 4.79 Å². The van der Waals surface area contributed by atoms with Crippen molar-refractivity contribution in [3.8, 4) is 17.3 Å². The molecule has 5 rings (SSSR count). The molecule has 0 saturated carbocycles. The average Bonchev–Trinajstić information content (AvgIpc) is 3.42. The summed E-state index contributed by atoms with van der Waals surface area (Å²) in [4.78, 5) is 19.0. The maximum absolute atomic E-state index is 11.1. The van der Waals surface area contributed by atoms with E-state index in [1.807, 2.05) is 48.0 Å². The fraction of sp³-hybridized carbons (Fsp3) is 0.148. The Kier molecular flexibility index (Phi) is 5.48. The number of carbonyl (C=O) groups is 1. The molecule has 5 aromatic rings. The molecule has 0 unspecified atom stereocenters. The van der Waals surface area contributed by atoms with Crippen LogP contribution in [0.25, 0.3) is 22.6 Å². The summed E-state index contributed by atoms with van der Waals surface area (Å²) in [5.41, 5.74) is 7.39. The van der Waals surface area contributed by atoms with Gasteiger partial charge in [-0.15, -0.1) is 0 Å². The maximum atomic E-state index is 11.1. The van der Waals surface area contributed by atoms with Crippen LogP contribution in [-0.2, 0) is 13.2 Å². The van der Waals surface area contributed by atoms with E-state index in [-0.39, 0.29) is 0 Å². The monoisotopic (exact) mass is 436 g/mol. The summed E-state index contributed by atoms with van der Waals surface area (Å²) >= 11 is 0. The van der Waals surface area contributed by atoms with Gasteiger partial charge >= 0.3 is 0 Å². The molecule has 0 spiro atoms. The second kappa shape index (κ2) is 8.74. The molecule has 2 heterocycles. The highest BCUT2D eigenvalue weighted by molar-refractivity contribution is 5.86. The van der Waals surface area contributed by atoms with Gasteiger partial charge in [0, 0.05) is 16.8 Å². The summed E-state index contributed by atoms with van der Waals surface area (Å²) in [5.74, 6) is 1.53. The number of ether oxygens (including phenoxy) is 1. The van der Waals surface area contributed by atoms with Crippen molar-refractivity contribution in [2.45, 2.75) is 27.0 Å². The molecule has 0 amide bonds. The van der Waals surface area contributed by atoms with E-state index in [2.05, 4.69) is 41.2 Å². The smallest absolute Gasteiger partial charge is 0.159 e. The zero-order valence-electron chi connectivity index (χ0n) is 18.6. The number of imidazole rings is 1. The lowest BCUT2D eigenvalue weighted by molar-refractivity contribution is 0.112. The molecule has 6 nitrogen and oxygen atoms in total. The Balaban J connectivity index is 1.41. The first kappa shape index (κ1) is 20.7. The van der Waals surface area contributed by atoms with Crippen molar-refractivity contribution >= 4 is 17.3 Å². The fourth-order valence-electron chi connectivity index (χ4n) is 3.88. The number of benzene rings is 3. The van der Waals surface area contributed by atoms with E-state index in [0.29, 0.717) is 24.5 Å². The van der Waals surface area contributed by atoms with Crippen molar-refractivity contribution in [3.05, 3.63) is 101 Å². The highest BCUT2D eigenvalue weighted by Gasteiger charge is 2.14. The van der Waals surface area contributed by atoms with Crippen molar-refractivity contribution in [3.63, 3.8) is 0 Å². The van der Waals surface area contributed by atoms with Gasteiger partial charge in [-0.3, -0.25) is 9.48 Å². The molecular formula is C27H24N4O2. The quantitative estimate of drug-likeness (QED) is 0.343. The van der Waals surface area contributed by atoms with Crippen LogP contribution < -0.4 is 4.74 Å². The third kappa shape index (κ3) is 4.41. The first-order valence-corrected chi connectivity index (χ1v) is 10.8. The molecule has 0 aliphatic heterocycles. The predicted molar refractivity (Wildman–Crippen MR) is 128 cm³/mol. The van der Waals surface area contributed by atoms with Gasteiger partial charge in [0.05, 0.1) is 17.6 Å². The molecule has 0 aliphatic carbocycles. The highest BCUT2D eigenvalue weighted by Crippen LogP contribution is 2.25. The summed E-state index contributed by atoms with van der Waals surface area (Å²) in [5, 5.41) is 4.80. The van der Waals surface area contributed by atoms with Crippen molar-refractivity contribution in [2.24, 2.45) is 0 Å². The van der Waals surface area contributed by atoms with Crippen LogP contribution in [0.4, 0.5) is 0 Å². The molecule has 0 saturated heterocycles. The number of aldehydes is 1. The van der Waals surface area contributed by atoms with E-state index < -0.39 is 0 Å². The Morgan fingerprint density at radius 1 is 1.00 bits per heavy atom. The SMILES string of the molecule is Cc1ccc(OCc2ccccc2)c(Cn2nc(-c3nc4ccc(C=O)cc4[nH]3)cc2C)c1. The van der Waals surface area contributed by atoms with Gasteiger partial charge in [-0.25, -0.2) is 4.98 Å². The summed E-state index contributed by atoms with van der Waals surface area (Å²) in [6.07, 6.45) is 0.831. The van der Waals surface area contributed by atoms with Gasteiger partial charge in [0.25, 0.3) is 0 Å². The summed E-state index contributed by atoms with van der Waals surface area (Å²) in [6, 6.07) is 23.8. The Labute approximate surface area is 191 Å². The van der Waals surface area contributed by atoms with Crippen LogP contribution >= 0.6 is 0 Å². The minimum absolute atomic E-state index is 0.516.